The zero-order valence-corrected chi connectivity index (χ0v) is 11.4. The van der Waals surface area contributed by atoms with Crippen LogP contribution in [0.25, 0.3) is 0 Å². The van der Waals surface area contributed by atoms with Crippen LogP contribution in [-0.4, -0.2) is 5.11 Å². The largest absolute Gasteiger partial charge is 0.457 e. The minimum atomic E-state index is -0.815. The van der Waals surface area contributed by atoms with Gasteiger partial charge in [0.15, 0.2) is 0 Å². The third-order valence-electron chi connectivity index (χ3n) is 2.77. The molecule has 0 aliphatic heterocycles. The average Bonchev–Trinajstić information content (AvgIpc) is 2.33. The molecule has 1 N–H and O–H groups in total. The first-order chi connectivity index (χ1) is 8.97. The molecule has 1 atom stereocenters. The Morgan fingerprint density at radius 2 is 2.00 bits per heavy atom. The summed E-state index contributed by atoms with van der Waals surface area (Å²) >= 11 is 5.88. The minimum Gasteiger partial charge on any atom is -0.457 e. The first-order valence-corrected chi connectivity index (χ1v) is 6.26. The van der Waals surface area contributed by atoms with E-state index in [1.165, 1.54) is 6.07 Å². The van der Waals surface area contributed by atoms with Gasteiger partial charge in [-0.2, -0.15) is 0 Å². The van der Waals surface area contributed by atoms with Gasteiger partial charge in [0.1, 0.15) is 17.3 Å². The second-order valence-corrected chi connectivity index (χ2v) is 4.81. The van der Waals surface area contributed by atoms with E-state index in [0.29, 0.717) is 27.6 Å². The van der Waals surface area contributed by atoms with Crippen molar-refractivity contribution in [2.45, 2.75) is 20.0 Å². The molecule has 0 aromatic heterocycles. The van der Waals surface area contributed by atoms with E-state index in [-0.39, 0.29) is 5.82 Å². The topological polar surface area (TPSA) is 29.5 Å². The van der Waals surface area contributed by atoms with E-state index < -0.39 is 6.10 Å². The van der Waals surface area contributed by atoms with Gasteiger partial charge in [-0.15, -0.1) is 0 Å². The van der Waals surface area contributed by atoms with E-state index in [1.807, 2.05) is 0 Å². The third kappa shape index (κ3) is 3.25. The molecule has 2 aromatic carbocycles. The molecule has 100 valence electrons. The van der Waals surface area contributed by atoms with Crippen molar-refractivity contribution < 1.29 is 14.2 Å². The molecule has 19 heavy (non-hydrogen) atoms. The number of rotatable bonds is 3. The van der Waals surface area contributed by atoms with Crippen molar-refractivity contribution in [1.82, 2.24) is 0 Å². The van der Waals surface area contributed by atoms with Gasteiger partial charge in [-0.3, -0.25) is 0 Å². The van der Waals surface area contributed by atoms with E-state index in [4.69, 9.17) is 16.3 Å². The van der Waals surface area contributed by atoms with Gasteiger partial charge in [0.2, 0.25) is 0 Å². The van der Waals surface area contributed by atoms with Gasteiger partial charge >= 0.3 is 0 Å². The fourth-order valence-corrected chi connectivity index (χ4v) is 1.92. The van der Waals surface area contributed by atoms with Crippen molar-refractivity contribution in [3.8, 4) is 11.5 Å². The monoisotopic (exact) mass is 280 g/mol. The molecule has 0 radical (unpaired) electrons. The van der Waals surface area contributed by atoms with Gasteiger partial charge in [0.05, 0.1) is 6.10 Å². The van der Waals surface area contributed by atoms with E-state index in [0.717, 1.165) is 0 Å². The fraction of sp³-hybridized carbons (Fsp3) is 0.200. The van der Waals surface area contributed by atoms with Crippen LogP contribution in [-0.2, 0) is 0 Å². The van der Waals surface area contributed by atoms with Crippen LogP contribution in [0.3, 0.4) is 0 Å². The van der Waals surface area contributed by atoms with Crippen LogP contribution in [0.4, 0.5) is 4.39 Å². The lowest BCUT2D eigenvalue weighted by Gasteiger charge is -2.14. The first kappa shape index (κ1) is 13.8. The standard InChI is InChI=1S/C15H14ClFO2/c1-9-6-15(13(10(2)18)8-14(9)17)19-12-5-3-4-11(16)7-12/h3-8,10,18H,1-2H3/t10-/m0/s1. The molecular weight excluding hydrogens is 267 g/mol. The number of ether oxygens (including phenoxy) is 1. The number of aliphatic hydroxyl groups excluding tert-OH is 1. The molecule has 0 spiro atoms. The van der Waals surface area contributed by atoms with Crippen molar-refractivity contribution >= 4 is 11.6 Å². The molecule has 2 aromatic rings. The number of hydrogen-bond acceptors (Lipinski definition) is 2. The summed E-state index contributed by atoms with van der Waals surface area (Å²) in [5, 5.41) is 10.2. The Labute approximate surface area is 116 Å². The summed E-state index contributed by atoms with van der Waals surface area (Å²) in [7, 11) is 0. The number of aliphatic hydroxyl groups is 1. The van der Waals surface area contributed by atoms with Crippen LogP contribution < -0.4 is 4.74 Å². The van der Waals surface area contributed by atoms with E-state index in [2.05, 4.69) is 0 Å². The van der Waals surface area contributed by atoms with Crippen molar-refractivity contribution in [2.75, 3.05) is 0 Å². The molecule has 0 amide bonds. The van der Waals surface area contributed by atoms with Gasteiger partial charge in [-0.25, -0.2) is 4.39 Å². The Balaban J connectivity index is 2.41. The normalized spacial score (nSPS) is 12.3. The summed E-state index contributed by atoms with van der Waals surface area (Å²) in [5.74, 6) is 0.603. The molecule has 0 saturated heterocycles. The lowest BCUT2D eigenvalue weighted by Crippen LogP contribution is -1.99. The molecule has 0 aliphatic rings. The molecule has 2 rings (SSSR count). The highest BCUT2D eigenvalue weighted by Crippen LogP contribution is 2.32. The van der Waals surface area contributed by atoms with Crippen molar-refractivity contribution in [1.29, 1.82) is 0 Å². The average molecular weight is 281 g/mol. The molecule has 0 aliphatic carbocycles. The molecule has 0 heterocycles. The highest BCUT2D eigenvalue weighted by molar-refractivity contribution is 6.30. The van der Waals surface area contributed by atoms with Crippen LogP contribution >= 0.6 is 11.6 Å². The maximum Gasteiger partial charge on any atom is 0.133 e. The van der Waals surface area contributed by atoms with Crippen LogP contribution in [0.5, 0.6) is 11.5 Å². The second kappa shape index (κ2) is 5.59. The Bertz CT molecular complexity index is 597. The number of aryl methyl sites for hydroxylation is 1. The lowest BCUT2D eigenvalue weighted by molar-refractivity contribution is 0.195. The molecule has 0 fully saturated rings. The third-order valence-corrected chi connectivity index (χ3v) is 3.00. The SMILES string of the molecule is Cc1cc(Oc2cccc(Cl)c2)c([C@H](C)O)cc1F. The molecule has 2 nitrogen and oxygen atoms in total. The summed E-state index contributed by atoms with van der Waals surface area (Å²) in [4.78, 5) is 0. The quantitative estimate of drug-likeness (QED) is 0.888. The van der Waals surface area contributed by atoms with Gasteiger partial charge in [0, 0.05) is 10.6 Å². The predicted octanol–water partition coefficient (Wildman–Crippen LogP) is 4.63. The zero-order chi connectivity index (χ0) is 14.0. The Hall–Kier alpha value is -1.58. The maximum atomic E-state index is 13.5. The predicted molar refractivity (Wildman–Crippen MR) is 73.3 cm³/mol. The van der Waals surface area contributed by atoms with Crippen molar-refractivity contribution in [3.05, 3.63) is 58.4 Å². The minimum absolute atomic E-state index is 0.366. The molecule has 4 heteroatoms. The summed E-state index contributed by atoms with van der Waals surface area (Å²) < 4.78 is 19.2. The van der Waals surface area contributed by atoms with E-state index >= 15 is 0 Å². The highest BCUT2D eigenvalue weighted by Gasteiger charge is 2.13. The molecular formula is C15H14ClFO2. The second-order valence-electron chi connectivity index (χ2n) is 4.37. The van der Waals surface area contributed by atoms with Crippen LogP contribution in [0.2, 0.25) is 5.02 Å². The van der Waals surface area contributed by atoms with E-state index in [1.54, 1.807) is 44.2 Å². The Morgan fingerprint density at radius 1 is 1.26 bits per heavy atom. The smallest absolute Gasteiger partial charge is 0.133 e. The lowest BCUT2D eigenvalue weighted by atomic mass is 10.1. The number of halogens is 2. The fourth-order valence-electron chi connectivity index (χ4n) is 1.74. The van der Waals surface area contributed by atoms with Crippen LogP contribution in [0.1, 0.15) is 24.2 Å². The molecule has 0 unspecified atom stereocenters. The Kier molecular flexibility index (Phi) is 4.08. The highest BCUT2D eigenvalue weighted by atomic mass is 35.5. The Morgan fingerprint density at radius 3 is 2.63 bits per heavy atom. The van der Waals surface area contributed by atoms with Gasteiger partial charge in [-0.1, -0.05) is 17.7 Å². The van der Waals surface area contributed by atoms with E-state index in [9.17, 15) is 9.50 Å². The van der Waals surface area contributed by atoms with Crippen molar-refractivity contribution in [2.24, 2.45) is 0 Å². The number of benzene rings is 2. The number of hydrogen-bond donors (Lipinski definition) is 1. The molecule has 0 bridgehead atoms. The maximum absolute atomic E-state index is 13.5. The van der Waals surface area contributed by atoms with Crippen LogP contribution in [0, 0.1) is 12.7 Å². The van der Waals surface area contributed by atoms with Gasteiger partial charge < -0.3 is 9.84 Å². The molecule has 0 saturated carbocycles. The van der Waals surface area contributed by atoms with Crippen molar-refractivity contribution in [3.63, 3.8) is 0 Å². The summed E-state index contributed by atoms with van der Waals surface area (Å²) in [6.07, 6.45) is -0.815. The summed E-state index contributed by atoms with van der Waals surface area (Å²) in [5.41, 5.74) is 0.865. The zero-order valence-electron chi connectivity index (χ0n) is 10.7. The summed E-state index contributed by atoms with van der Waals surface area (Å²) in [6.45, 7) is 3.21. The first-order valence-electron chi connectivity index (χ1n) is 5.89. The summed E-state index contributed by atoms with van der Waals surface area (Å²) in [6, 6.07) is 9.76. The van der Waals surface area contributed by atoms with Gasteiger partial charge in [-0.05, 0) is 49.7 Å². The van der Waals surface area contributed by atoms with Crippen LogP contribution in [0.15, 0.2) is 36.4 Å². The van der Waals surface area contributed by atoms with Gasteiger partial charge in [0.25, 0.3) is 0 Å².